The maximum absolute atomic E-state index is 14.1. The molecule has 1 aliphatic heterocycles. The summed E-state index contributed by atoms with van der Waals surface area (Å²) in [5.41, 5.74) is 17.2. The van der Waals surface area contributed by atoms with E-state index in [1.807, 2.05) is 52.8 Å². The molecule has 2 aromatic heterocycles. The van der Waals surface area contributed by atoms with E-state index in [1.165, 1.54) is 45.5 Å². The molecule has 2 N–H and O–H groups in total. The molecule has 80 heavy (non-hydrogen) atoms. The van der Waals surface area contributed by atoms with Gasteiger partial charge < -0.3 is 34.3 Å². The van der Waals surface area contributed by atoms with Gasteiger partial charge in [0.25, 0.3) is 0 Å². The van der Waals surface area contributed by atoms with E-state index in [0.717, 1.165) is 108 Å². The van der Waals surface area contributed by atoms with Crippen LogP contribution in [0.4, 0.5) is 8.78 Å². The van der Waals surface area contributed by atoms with Gasteiger partial charge in [0, 0.05) is 41.3 Å². The summed E-state index contributed by atoms with van der Waals surface area (Å²) in [5.74, 6) is -2.65. The fourth-order valence-corrected chi connectivity index (χ4v) is 12.0. The topological polar surface area (TPSA) is 151 Å². The molecule has 3 heterocycles. The third kappa shape index (κ3) is 15.9. The number of ether oxygens (including phenoxy) is 3. The molecule has 10 nitrogen and oxygen atoms in total. The number of carboxylic acids is 1. The third-order valence-electron chi connectivity index (χ3n) is 15.1. The van der Waals surface area contributed by atoms with Crippen LogP contribution >= 0.6 is 0 Å². The number of hydrogen-bond acceptors (Lipinski definition) is 10. The van der Waals surface area contributed by atoms with Crippen LogP contribution in [-0.2, 0) is 62.3 Å². The molecule has 3 aliphatic rings. The number of fused-ring (bicyclic) bond motifs is 6. The molecule has 0 amide bonds. The first-order chi connectivity index (χ1) is 37.5. The largest absolute Gasteiger partial charge is 1.00 e. The Hall–Kier alpha value is -5.18. The van der Waals surface area contributed by atoms with E-state index in [1.54, 1.807) is 24.3 Å². The maximum atomic E-state index is 14.1. The number of hydrogen-bond donors (Lipinski definition) is 2. The van der Waals surface area contributed by atoms with Crippen molar-refractivity contribution < 1.29 is 77.5 Å². The van der Waals surface area contributed by atoms with Crippen molar-refractivity contribution in [3.05, 3.63) is 153 Å². The summed E-state index contributed by atoms with van der Waals surface area (Å²) < 4.78 is 46.1. The Labute approximate surface area is 494 Å². The predicted molar refractivity (Wildman–Crippen MR) is 304 cm³/mol. The first-order valence-corrected chi connectivity index (χ1v) is 28.5. The number of carboxylic acid groups (broad SMARTS) is 1. The number of aromatic nitrogens is 2. The molecule has 1 saturated heterocycles. The van der Waals surface area contributed by atoms with Gasteiger partial charge >= 0.3 is 35.5 Å². The van der Waals surface area contributed by atoms with Crippen LogP contribution in [0.1, 0.15) is 170 Å². The third-order valence-corrected chi connectivity index (χ3v) is 15.1. The second-order valence-corrected chi connectivity index (χ2v) is 23.8. The quantitative estimate of drug-likeness (QED) is 0.0708. The van der Waals surface area contributed by atoms with Crippen LogP contribution < -0.4 is 34.7 Å². The molecule has 2 aliphatic carbocycles. The minimum absolute atomic E-state index is 0. The summed E-state index contributed by atoms with van der Waals surface area (Å²) in [6, 6.07) is 30.4. The van der Waals surface area contributed by atoms with Crippen molar-refractivity contribution in [3.8, 4) is 44.8 Å². The number of esters is 1. The van der Waals surface area contributed by atoms with Crippen molar-refractivity contribution in [2.24, 2.45) is 0 Å². The number of rotatable bonds is 16. The number of aliphatic hydroxyl groups is 2. The van der Waals surface area contributed by atoms with Crippen molar-refractivity contribution in [1.29, 1.82) is 0 Å². The van der Waals surface area contributed by atoms with Gasteiger partial charge in [0.2, 0.25) is 0 Å². The fourth-order valence-electron chi connectivity index (χ4n) is 12.0. The van der Waals surface area contributed by atoms with Crippen LogP contribution in [-0.4, -0.2) is 67.9 Å². The Morgan fingerprint density at radius 2 is 1.15 bits per heavy atom. The van der Waals surface area contributed by atoms with Gasteiger partial charge in [0.05, 0.1) is 42.2 Å². The Kier molecular flexibility index (Phi) is 21.3. The second kappa shape index (κ2) is 27.3. The number of benzene rings is 4. The minimum atomic E-state index is -1.34. The Bertz CT molecular complexity index is 3100. The molecular formula is C67H79F2N2NaO8. The number of pyridine rings is 2. The molecule has 9 rings (SSSR count). The van der Waals surface area contributed by atoms with E-state index in [2.05, 4.69) is 70.2 Å². The minimum Gasteiger partial charge on any atom is -0.550 e. The predicted octanol–water partition coefficient (Wildman–Crippen LogP) is 10.1. The van der Waals surface area contributed by atoms with Gasteiger partial charge in [-0.3, -0.25) is 14.8 Å². The molecule has 4 atom stereocenters. The number of aryl methyl sites for hydroxylation is 2. The molecule has 1 fully saturated rings. The first kappa shape index (κ1) is 62.4. The van der Waals surface area contributed by atoms with Crippen molar-refractivity contribution >= 4 is 11.9 Å². The Balaban J connectivity index is 0.000000232. The second-order valence-electron chi connectivity index (χ2n) is 23.8. The summed E-state index contributed by atoms with van der Waals surface area (Å²) in [6.07, 6.45) is 5.89. The zero-order chi connectivity index (χ0) is 56.8. The number of carbonyl (C=O) groups excluding carboxylic acids is 2. The average Bonchev–Trinajstić information content (AvgIpc) is 3.73. The van der Waals surface area contributed by atoms with E-state index in [-0.39, 0.29) is 84.0 Å². The molecule has 420 valence electrons. The van der Waals surface area contributed by atoms with Gasteiger partial charge in [0.15, 0.2) is 5.79 Å². The molecule has 0 radical (unpaired) electrons. The maximum Gasteiger partial charge on any atom is 1.00 e. The molecule has 0 spiro atoms. The van der Waals surface area contributed by atoms with Crippen molar-refractivity contribution in [1.82, 2.24) is 9.97 Å². The molecule has 0 unspecified atom stereocenters. The van der Waals surface area contributed by atoms with Gasteiger partial charge in [-0.2, -0.15) is 0 Å². The van der Waals surface area contributed by atoms with Crippen LogP contribution in [0.25, 0.3) is 44.8 Å². The SMILES string of the molecule is CC(C)c1nc2c(c(-c3ccc(F)cc3)c1CC[C@@H](O)C[C@@H](O)CC(=O)[O-])CCCc1ccccc1-2.CC(C)c1nc2c(c(-c3ccc(F)cc3)c1CC[C@@H]1C[C@H](CC(=O)OC(C)(C)C)OC(C)(C)O1)CCCc1ccccc1-2.[Na+]. The zero-order valence-corrected chi connectivity index (χ0v) is 50.6. The summed E-state index contributed by atoms with van der Waals surface area (Å²) in [6.45, 7) is 18.0. The smallest absolute Gasteiger partial charge is 0.550 e. The van der Waals surface area contributed by atoms with E-state index < -0.39 is 36.0 Å². The van der Waals surface area contributed by atoms with Crippen LogP contribution in [0.3, 0.4) is 0 Å². The molecule has 6 aromatic rings. The summed E-state index contributed by atoms with van der Waals surface area (Å²) in [5, 5.41) is 31.3. The monoisotopic (exact) mass is 1100 g/mol. The van der Waals surface area contributed by atoms with Gasteiger partial charge in [-0.05, 0) is 197 Å². The molecule has 0 bridgehead atoms. The van der Waals surface area contributed by atoms with Gasteiger partial charge in [0.1, 0.15) is 17.2 Å². The van der Waals surface area contributed by atoms with E-state index >= 15 is 0 Å². The number of nitrogens with zero attached hydrogens (tertiary/aromatic N) is 2. The van der Waals surface area contributed by atoms with Gasteiger partial charge in [-0.15, -0.1) is 0 Å². The summed E-state index contributed by atoms with van der Waals surface area (Å²) >= 11 is 0. The van der Waals surface area contributed by atoms with Crippen molar-refractivity contribution in [2.45, 2.75) is 200 Å². The number of carbonyl (C=O) groups is 2. The van der Waals surface area contributed by atoms with Crippen molar-refractivity contribution in [3.63, 3.8) is 0 Å². The van der Waals surface area contributed by atoms with Crippen LogP contribution in [0, 0.1) is 11.6 Å². The number of aliphatic carboxylic acids is 1. The summed E-state index contributed by atoms with van der Waals surface area (Å²) in [4.78, 5) is 34.0. The van der Waals surface area contributed by atoms with Gasteiger partial charge in [-0.1, -0.05) is 100 Å². The fraction of sp³-hybridized carbons (Fsp3) is 0.463. The van der Waals surface area contributed by atoms with Crippen LogP contribution in [0.2, 0.25) is 0 Å². The van der Waals surface area contributed by atoms with E-state index in [0.29, 0.717) is 19.3 Å². The van der Waals surface area contributed by atoms with Gasteiger partial charge in [-0.25, -0.2) is 8.78 Å². The summed E-state index contributed by atoms with van der Waals surface area (Å²) in [7, 11) is 0. The molecular weight excluding hydrogens is 1020 g/mol. The first-order valence-electron chi connectivity index (χ1n) is 28.5. The standard InChI is InChI=1S/C37H46FNO4.C30H34FNO4.Na/c1-23(2)34-31(20-19-27-21-28(42-37(6,7)41-27)22-32(40)43-36(3,4)5)33(25-15-17-26(38)18-16-25)30-14-10-12-24-11-8-9-13-29(24)35(30)39-34;1-18(2)29-26(15-14-22(33)16-23(34)17-27(35)36)28(20-10-12-21(31)13-11-20)25-9-5-7-19-6-3-4-8-24(19)30(25)32-29;/h8-9,11,13,15-18,23,27-28H,10,12,14,19-22H2,1-7H3;3-4,6,8,10-13,18,22-23,33-34H,5,7,9,14-17H2,1-2H3,(H,35,36);/q;;+1/p-1/t27-,28-;22-,23-;/m11./s1. The van der Waals surface area contributed by atoms with Crippen molar-refractivity contribution in [2.75, 3.05) is 0 Å². The zero-order valence-electron chi connectivity index (χ0n) is 48.6. The van der Waals surface area contributed by atoms with Crippen LogP contribution in [0.15, 0.2) is 97.1 Å². The molecule has 4 aromatic carbocycles. The molecule has 13 heteroatoms. The Morgan fingerprint density at radius 3 is 1.61 bits per heavy atom. The number of halogens is 2. The average molecular weight is 1100 g/mol. The Morgan fingerprint density at radius 1 is 0.688 bits per heavy atom. The van der Waals surface area contributed by atoms with E-state index in [4.69, 9.17) is 24.2 Å². The van der Waals surface area contributed by atoms with Crippen LogP contribution in [0.5, 0.6) is 0 Å². The number of aliphatic hydroxyl groups excluding tert-OH is 2. The normalized spacial score (nSPS) is 17.2. The molecule has 0 saturated carbocycles. The van der Waals surface area contributed by atoms with E-state index in [9.17, 15) is 33.7 Å².